The minimum atomic E-state index is -0.776. The van der Waals surface area contributed by atoms with Crippen molar-refractivity contribution in [1.82, 2.24) is 0 Å². The van der Waals surface area contributed by atoms with Crippen molar-refractivity contribution in [3.8, 4) is 5.75 Å². The number of fused-ring (bicyclic) bond motifs is 1. The van der Waals surface area contributed by atoms with Crippen LogP contribution in [0.5, 0.6) is 5.75 Å². The molecule has 0 fully saturated rings. The number of carbonyl (C=O) groups is 2. The average Bonchev–Trinajstić information content (AvgIpc) is 2.66. The van der Waals surface area contributed by atoms with Gasteiger partial charge in [-0.2, -0.15) is 0 Å². The van der Waals surface area contributed by atoms with Crippen LogP contribution in [0, 0.1) is 0 Å². The smallest absolute Gasteiger partial charge is 0.347 e. The molecule has 0 amide bonds. The van der Waals surface area contributed by atoms with Gasteiger partial charge < -0.3 is 9.15 Å². The van der Waals surface area contributed by atoms with E-state index in [0.29, 0.717) is 21.7 Å². The minimum absolute atomic E-state index is 0.170. The van der Waals surface area contributed by atoms with Crippen molar-refractivity contribution in [1.29, 1.82) is 0 Å². The Morgan fingerprint density at radius 3 is 2.56 bits per heavy atom. The molecular weight excluding hydrogens is 368 g/mol. The monoisotopic (exact) mass is 382 g/mol. The molecule has 0 radical (unpaired) electrons. The van der Waals surface area contributed by atoms with Gasteiger partial charge in [0.15, 0.2) is 11.6 Å². The van der Waals surface area contributed by atoms with Gasteiger partial charge in [-0.15, -0.1) is 0 Å². The van der Waals surface area contributed by atoms with Crippen molar-refractivity contribution in [3.05, 3.63) is 81.2 Å². The standard InChI is InChI=1S/C21H15ClO5/c1-26-17-7-3-13(4-8-17)2-6-16(23)12-19(24)18-11-14-10-15(22)5-9-20(14)27-21(18)25/h2-11H,12H2,1H3/b6-2+. The SMILES string of the molecule is COc1ccc(/C=C/C(=O)CC(=O)c2cc3cc(Cl)ccc3oc2=O)cc1. The molecule has 0 aliphatic heterocycles. The molecule has 0 saturated carbocycles. The van der Waals surface area contributed by atoms with E-state index in [1.54, 1.807) is 55.7 Å². The number of ether oxygens (including phenoxy) is 1. The van der Waals surface area contributed by atoms with Gasteiger partial charge in [-0.25, -0.2) is 4.79 Å². The molecule has 5 nitrogen and oxygen atoms in total. The summed E-state index contributed by atoms with van der Waals surface area (Å²) in [5.74, 6) is -0.312. The lowest BCUT2D eigenvalue weighted by atomic mass is 10.1. The maximum absolute atomic E-state index is 12.3. The first-order valence-electron chi connectivity index (χ1n) is 8.08. The number of benzene rings is 2. The highest BCUT2D eigenvalue weighted by Crippen LogP contribution is 2.19. The second-order valence-corrected chi connectivity index (χ2v) is 6.24. The summed E-state index contributed by atoms with van der Waals surface area (Å²) < 4.78 is 10.2. The Balaban J connectivity index is 1.75. The molecule has 0 spiro atoms. The van der Waals surface area contributed by atoms with Crippen LogP contribution in [0.2, 0.25) is 5.02 Å². The van der Waals surface area contributed by atoms with Crippen LogP contribution in [-0.2, 0) is 4.79 Å². The van der Waals surface area contributed by atoms with Gasteiger partial charge in [-0.05, 0) is 48.0 Å². The van der Waals surface area contributed by atoms with Gasteiger partial charge in [0.2, 0.25) is 0 Å². The first-order chi connectivity index (χ1) is 13.0. The lowest BCUT2D eigenvalue weighted by molar-refractivity contribution is -0.113. The van der Waals surface area contributed by atoms with Gasteiger partial charge >= 0.3 is 5.63 Å². The number of hydrogen-bond acceptors (Lipinski definition) is 5. The van der Waals surface area contributed by atoms with Crippen LogP contribution >= 0.6 is 11.6 Å². The number of Topliss-reactive ketones (excluding diaryl/α,β-unsaturated/α-hetero) is 1. The normalized spacial score (nSPS) is 11.0. The van der Waals surface area contributed by atoms with E-state index >= 15 is 0 Å². The third kappa shape index (κ3) is 4.51. The molecular formula is C21H15ClO5. The Bertz CT molecular complexity index is 1090. The molecule has 0 atom stereocenters. The van der Waals surface area contributed by atoms with Crippen molar-refractivity contribution in [2.75, 3.05) is 7.11 Å². The van der Waals surface area contributed by atoms with E-state index in [9.17, 15) is 14.4 Å². The van der Waals surface area contributed by atoms with Crippen LogP contribution in [0.3, 0.4) is 0 Å². The van der Waals surface area contributed by atoms with Crippen molar-refractivity contribution in [2.24, 2.45) is 0 Å². The summed E-state index contributed by atoms with van der Waals surface area (Å²) in [6.45, 7) is 0. The Hall–Kier alpha value is -3.18. The van der Waals surface area contributed by atoms with Crippen molar-refractivity contribution < 1.29 is 18.7 Å². The molecule has 0 aliphatic rings. The zero-order valence-corrected chi connectivity index (χ0v) is 15.2. The largest absolute Gasteiger partial charge is 0.497 e. The van der Waals surface area contributed by atoms with Crippen molar-refractivity contribution in [3.63, 3.8) is 0 Å². The fourth-order valence-electron chi connectivity index (χ4n) is 2.51. The predicted molar refractivity (Wildman–Crippen MR) is 103 cm³/mol. The van der Waals surface area contributed by atoms with E-state index in [-0.39, 0.29) is 5.56 Å². The third-order valence-corrected chi connectivity index (χ3v) is 4.14. The Labute approximate surface area is 159 Å². The zero-order chi connectivity index (χ0) is 19.4. The van der Waals surface area contributed by atoms with E-state index in [4.69, 9.17) is 20.8 Å². The van der Waals surface area contributed by atoms with Crippen molar-refractivity contribution in [2.45, 2.75) is 6.42 Å². The molecule has 1 heterocycles. The molecule has 0 saturated heterocycles. The number of rotatable bonds is 6. The number of carbonyl (C=O) groups excluding carboxylic acids is 2. The maximum atomic E-state index is 12.3. The minimum Gasteiger partial charge on any atom is -0.497 e. The molecule has 0 unspecified atom stereocenters. The van der Waals surface area contributed by atoms with Gasteiger partial charge in [-0.1, -0.05) is 29.8 Å². The summed E-state index contributed by atoms with van der Waals surface area (Å²) in [4.78, 5) is 36.4. The Morgan fingerprint density at radius 1 is 1.11 bits per heavy atom. The molecule has 136 valence electrons. The number of ketones is 2. The highest BCUT2D eigenvalue weighted by molar-refractivity contribution is 6.31. The molecule has 1 aromatic heterocycles. The summed E-state index contributed by atoms with van der Waals surface area (Å²) in [5.41, 5.74) is 0.167. The number of methoxy groups -OCH3 is 1. The van der Waals surface area contributed by atoms with Crippen LogP contribution < -0.4 is 10.4 Å². The van der Waals surface area contributed by atoms with Gasteiger partial charge in [0.1, 0.15) is 16.9 Å². The van der Waals surface area contributed by atoms with Crippen LogP contribution in [0.25, 0.3) is 17.0 Å². The molecule has 0 bridgehead atoms. The van der Waals surface area contributed by atoms with Crippen LogP contribution in [0.1, 0.15) is 22.3 Å². The third-order valence-electron chi connectivity index (χ3n) is 3.91. The van der Waals surface area contributed by atoms with Gasteiger partial charge in [0.05, 0.1) is 13.5 Å². The maximum Gasteiger partial charge on any atom is 0.347 e. The molecule has 3 aromatic rings. The van der Waals surface area contributed by atoms with Crippen LogP contribution in [0.4, 0.5) is 0 Å². The van der Waals surface area contributed by atoms with Gasteiger partial charge in [0.25, 0.3) is 0 Å². The lowest BCUT2D eigenvalue weighted by Gasteiger charge is -2.01. The summed E-state index contributed by atoms with van der Waals surface area (Å²) in [6.07, 6.45) is 2.47. The first kappa shape index (κ1) is 18.6. The second-order valence-electron chi connectivity index (χ2n) is 5.80. The fraction of sp³-hybridized carbons (Fsp3) is 0.0952. The van der Waals surface area contributed by atoms with Gasteiger partial charge in [0, 0.05) is 10.4 Å². The summed E-state index contributed by atoms with van der Waals surface area (Å²) >= 11 is 5.92. The Kier molecular flexibility index (Phi) is 5.52. The molecule has 3 rings (SSSR count). The molecule has 27 heavy (non-hydrogen) atoms. The lowest BCUT2D eigenvalue weighted by Crippen LogP contribution is -2.16. The highest BCUT2D eigenvalue weighted by atomic mass is 35.5. The summed E-state index contributed by atoms with van der Waals surface area (Å²) in [5, 5.41) is 0.972. The van der Waals surface area contributed by atoms with E-state index in [0.717, 1.165) is 5.56 Å². The van der Waals surface area contributed by atoms with E-state index < -0.39 is 23.6 Å². The molecule has 0 N–H and O–H groups in total. The second kappa shape index (κ2) is 8.01. The summed E-state index contributed by atoms with van der Waals surface area (Å²) in [6, 6.07) is 13.2. The summed E-state index contributed by atoms with van der Waals surface area (Å²) in [7, 11) is 1.57. The van der Waals surface area contributed by atoms with Crippen molar-refractivity contribution >= 4 is 40.2 Å². The zero-order valence-electron chi connectivity index (χ0n) is 14.4. The highest BCUT2D eigenvalue weighted by Gasteiger charge is 2.16. The molecule has 2 aromatic carbocycles. The van der Waals surface area contributed by atoms with E-state index in [1.165, 1.54) is 12.1 Å². The predicted octanol–water partition coefficient (Wildman–Crippen LogP) is 4.31. The van der Waals surface area contributed by atoms with E-state index in [2.05, 4.69) is 0 Å². The number of allylic oxidation sites excluding steroid dienone is 1. The van der Waals surface area contributed by atoms with Crippen LogP contribution in [0.15, 0.2) is 63.8 Å². The fourth-order valence-corrected chi connectivity index (χ4v) is 2.69. The quantitative estimate of drug-likeness (QED) is 0.275. The average molecular weight is 383 g/mol. The number of hydrogen-bond donors (Lipinski definition) is 0. The van der Waals surface area contributed by atoms with Gasteiger partial charge in [-0.3, -0.25) is 9.59 Å². The first-order valence-corrected chi connectivity index (χ1v) is 8.45. The topological polar surface area (TPSA) is 73.6 Å². The van der Waals surface area contributed by atoms with E-state index in [1.807, 2.05) is 0 Å². The molecule has 6 heteroatoms. The molecule has 0 aliphatic carbocycles. The number of halogens is 1. The Morgan fingerprint density at radius 2 is 1.85 bits per heavy atom. The van der Waals surface area contributed by atoms with Crippen LogP contribution in [-0.4, -0.2) is 18.7 Å².